The maximum atomic E-state index is 5.96. The second-order valence-corrected chi connectivity index (χ2v) is 5.66. The van der Waals surface area contributed by atoms with Crippen molar-refractivity contribution in [2.75, 3.05) is 13.1 Å². The van der Waals surface area contributed by atoms with Gasteiger partial charge in [-0.2, -0.15) is 0 Å². The van der Waals surface area contributed by atoms with Gasteiger partial charge in [-0.15, -0.1) is 0 Å². The predicted molar refractivity (Wildman–Crippen MR) is 70.6 cm³/mol. The van der Waals surface area contributed by atoms with Crippen LogP contribution >= 0.6 is 15.9 Å². The molecule has 0 radical (unpaired) electrons. The van der Waals surface area contributed by atoms with E-state index in [1.165, 1.54) is 18.4 Å². The summed E-state index contributed by atoms with van der Waals surface area (Å²) in [4.78, 5) is 10.8. The number of guanidine groups is 1. The second-order valence-electron chi connectivity index (χ2n) is 4.75. The Morgan fingerprint density at radius 2 is 2.24 bits per heavy atom. The molecule has 2 N–H and O–H groups in total. The van der Waals surface area contributed by atoms with Crippen molar-refractivity contribution >= 4 is 21.9 Å². The quantitative estimate of drug-likeness (QED) is 0.927. The van der Waals surface area contributed by atoms with Crippen LogP contribution in [0.3, 0.4) is 0 Å². The number of nitrogens with zero attached hydrogens (tertiary/aromatic N) is 3. The largest absolute Gasteiger partial charge is 0.370 e. The standard InChI is InChI=1S/C12H15BrN4/c13-10-3-9(4-15-5-10)11-6-16-12(14)17(11)7-8-1-2-8/h3-5,8,11H,1-2,6-7H2,(H2,14,16). The summed E-state index contributed by atoms with van der Waals surface area (Å²) in [5.41, 5.74) is 7.15. The van der Waals surface area contributed by atoms with E-state index >= 15 is 0 Å². The van der Waals surface area contributed by atoms with Gasteiger partial charge in [0.25, 0.3) is 0 Å². The summed E-state index contributed by atoms with van der Waals surface area (Å²) < 4.78 is 1.01. The molecule has 2 heterocycles. The van der Waals surface area contributed by atoms with Crippen LogP contribution in [0, 0.1) is 5.92 Å². The van der Waals surface area contributed by atoms with E-state index < -0.39 is 0 Å². The van der Waals surface area contributed by atoms with E-state index in [-0.39, 0.29) is 6.04 Å². The van der Waals surface area contributed by atoms with E-state index in [9.17, 15) is 0 Å². The first kappa shape index (κ1) is 11.0. The average molecular weight is 295 g/mol. The Kier molecular flexibility index (Phi) is 2.78. The molecule has 1 saturated carbocycles. The van der Waals surface area contributed by atoms with Gasteiger partial charge in [-0.1, -0.05) is 0 Å². The van der Waals surface area contributed by atoms with Crippen molar-refractivity contribution in [2.45, 2.75) is 18.9 Å². The number of hydrogen-bond donors (Lipinski definition) is 1. The minimum absolute atomic E-state index is 0.264. The normalized spacial score (nSPS) is 23.9. The smallest absolute Gasteiger partial charge is 0.191 e. The number of pyridine rings is 1. The molecule has 0 saturated heterocycles. The molecule has 1 aromatic rings. The summed E-state index contributed by atoms with van der Waals surface area (Å²) in [5, 5.41) is 0. The van der Waals surface area contributed by atoms with Crippen molar-refractivity contribution in [2.24, 2.45) is 16.6 Å². The average Bonchev–Trinajstić information content (AvgIpc) is 3.04. The van der Waals surface area contributed by atoms with Crippen LogP contribution in [0.5, 0.6) is 0 Å². The summed E-state index contributed by atoms with van der Waals surface area (Å²) in [6, 6.07) is 2.37. The van der Waals surface area contributed by atoms with Crippen LogP contribution in [0.4, 0.5) is 0 Å². The second kappa shape index (κ2) is 4.29. The minimum atomic E-state index is 0.264. The van der Waals surface area contributed by atoms with Crippen molar-refractivity contribution in [1.29, 1.82) is 0 Å². The van der Waals surface area contributed by atoms with Crippen LogP contribution in [0.25, 0.3) is 0 Å². The molecular weight excluding hydrogens is 280 g/mol. The van der Waals surface area contributed by atoms with Gasteiger partial charge < -0.3 is 10.6 Å². The van der Waals surface area contributed by atoms with E-state index in [4.69, 9.17) is 5.73 Å². The van der Waals surface area contributed by atoms with Gasteiger partial charge in [0.1, 0.15) is 0 Å². The Hall–Kier alpha value is -1.10. The fourth-order valence-electron chi connectivity index (χ4n) is 2.22. The molecule has 1 atom stereocenters. The van der Waals surface area contributed by atoms with Gasteiger partial charge in [-0.05, 0) is 46.3 Å². The molecule has 90 valence electrons. The highest BCUT2D eigenvalue weighted by Crippen LogP contribution is 2.34. The van der Waals surface area contributed by atoms with E-state index in [0.717, 1.165) is 23.5 Å². The molecule has 2 aliphatic rings. The van der Waals surface area contributed by atoms with E-state index in [1.54, 1.807) is 6.20 Å². The number of hydrogen-bond acceptors (Lipinski definition) is 4. The zero-order chi connectivity index (χ0) is 11.8. The lowest BCUT2D eigenvalue weighted by Gasteiger charge is -2.26. The summed E-state index contributed by atoms with van der Waals surface area (Å²) in [5.74, 6) is 1.49. The Morgan fingerprint density at radius 3 is 2.94 bits per heavy atom. The van der Waals surface area contributed by atoms with Crippen LogP contribution < -0.4 is 5.73 Å². The molecular formula is C12H15BrN4. The summed E-state index contributed by atoms with van der Waals surface area (Å²) in [6.07, 6.45) is 6.36. The van der Waals surface area contributed by atoms with Crippen LogP contribution in [0.2, 0.25) is 0 Å². The lowest BCUT2D eigenvalue weighted by Crippen LogP contribution is -2.37. The van der Waals surface area contributed by atoms with Gasteiger partial charge >= 0.3 is 0 Å². The molecule has 17 heavy (non-hydrogen) atoms. The van der Waals surface area contributed by atoms with Crippen molar-refractivity contribution in [3.8, 4) is 0 Å². The predicted octanol–water partition coefficient (Wildman–Crippen LogP) is 1.93. The molecule has 0 amide bonds. The maximum Gasteiger partial charge on any atom is 0.191 e. The topological polar surface area (TPSA) is 54.5 Å². The molecule has 1 aliphatic heterocycles. The van der Waals surface area contributed by atoms with Crippen LogP contribution in [0.15, 0.2) is 27.9 Å². The first-order valence-electron chi connectivity index (χ1n) is 5.91. The third-order valence-electron chi connectivity index (χ3n) is 3.36. The molecule has 3 rings (SSSR count). The van der Waals surface area contributed by atoms with Crippen molar-refractivity contribution in [3.63, 3.8) is 0 Å². The summed E-state index contributed by atoms with van der Waals surface area (Å²) in [7, 11) is 0. The maximum absolute atomic E-state index is 5.96. The van der Waals surface area contributed by atoms with Crippen LogP contribution in [-0.2, 0) is 0 Å². The number of rotatable bonds is 3. The first-order chi connectivity index (χ1) is 8.24. The van der Waals surface area contributed by atoms with Crippen molar-refractivity contribution in [1.82, 2.24) is 9.88 Å². The molecule has 1 aliphatic carbocycles. The molecule has 0 bridgehead atoms. The third kappa shape index (κ3) is 2.29. The summed E-state index contributed by atoms with van der Waals surface area (Å²) in [6.45, 7) is 1.78. The number of halogens is 1. The highest BCUT2D eigenvalue weighted by atomic mass is 79.9. The fourth-order valence-corrected chi connectivity index (χ4v) is 2.61. The van der Waals surface area contributed by atoms with Gasteiger partial charge in [0.05, 0.1) is 12.6 Å². The highest BCUT2D eigenvalue weighted by molar-refractivity contribution is 9.10. The number of aromatic nitrogens is 1. The van der Waals surface area contributed by atoms with Crippen molar-refractivity contribution in [3.05, 3.63) is 28.5 Å². The SMILES string of the molecule is NC1=NCC(c2cncc(Br)c2)N1CC1CC1. The van der Waals surface area contributed by atoms with Gasteiger partial charge in [-0.25, -0.2) is 0 Å². The zero-order valence-electron chi connectivity index (χ0n) is 9.51. The molecule has 1 aromatic heterocycles. The van der Waals surface area contributed by atoms with E-state index in [0.29, 0.717) is 5.96 Å². The van der Waals surface area contributed by atoms with Crippen molar-refractivity contribution < 1.29 is 0 Å². The fraction of sp³-hybridized carbons (Fsp3) is 0.500. The van der Waals surface area contributed by atoms with Gasteiger partial charge in [0, 0.05) is 23.4 Å². The summed E-state index contributed by atoms with van der Waals surface area (Å²) >= 11 is 3.46. The van der Waals surface area contributed by atoms with Crippen LogP contribution in [0.1, 0.15) is 24.4 Å². The van der Waals surface area contributed by atoms with Crippen LogP contribution in [-0.4, -0.2) is 28.9 Å². The van der Waals surface area contributed by atoms with Gasteiger partial charge in [-0.3, -0.25) is 9.98 Å². The zero-order valence-corrected chi connectivity index (χ0v) is 11.1. The van der Waals surface area contributed by atoms with Gasteiger partial charge in [0.2, 0.25) is 0 Å². The Bertz CT molecular complexity index is 456. The molecule has 4 nitrogen and oxygen atoms in total. The number of nitrogens with two attached hydrogens (primary N) is 1. The third-order valence-corrected chi connectivity index (χ3v) is 3.79. The molecule has 0 spiro atoms. The lowest BCUT2D eigenvalue weighted by molar-refractivity contribution is 0.333. The highest BCUT2D eigenvalue weighted by Gasteiger charge is 2.33. The molecule has 1 fully saturated rings. The lowest BCUT2D eigenvalue weighted by atomic mass is 10.1. The first-order valence-corrected chi connectivity index (χ1v) is 6.70. The minimum Gasteiger partial charge on any atom is -0.370 e. The van der Waals surface area contributed by atoms with E-state index in [2.05, 4.69) is 36.9 Å². The van der Waals surface area contributed by atoms with E-state index in [1.807, 2.05) is 6.20 Å². The Labute approximate surface area is 109 Å². The van der Waals surface area contributed by atoms with Gasteiger partial charge in [0.15, 0.2) is 5.96 Å². The monoisotopic (exact) mass is 294 g/mol. The Balaban J connectivity index is 1.82. The Morgan fingerprint density at radius 1 is 1.41 bits per heavy atom. The molecule has 0 aromatic carbocycles. The number of aliphatic imine (C=N–C) groups is 1. The molecule has 5 heteroatoms. The molecule has 1 unspecified atom stereocenters.